The lowest BCUT2D eigenvalue weighted by atomic mass is 10.1. The smallest absolute Gasteiger partial charge is 0.410 e. The average Bonchev–Trinajstić information content (AvgIpc) is 2.99. The SMILES string of the molecule is CC(C)(C)OC(=O)N1CCC(C=CC(=O)OCc2ccccc2)C1. The van der Waals surface area contributed by atoms with Crippen molar-refractivity contribution in [3.8, 4) is 0 Å². The fraction of sp³-hybridized carbons (Fsp3) is 0.474. The van der Waals surface area contributed by atoms with Crippen LogP contribution < -0.4 is 0 Å². The minimum atomic E-state index is -0.494. The minimum Gasteiger partial charge on any atom is -0.458 e. The van der Waals surface area contributed by atoms with Crippen molar-refractivity contribution in [2.45, 2.75) is 39.4 Å². The summed E-state index contributed by atoms with van der Waals surface area (Å²) < 4.78 is 10.6. The van der Waals surface area contributed by atoms with Crippen LogP contribution in [-0.2, 0) is 20.9 Å². The molecule has 0 aromatic heterocycles. The first-order valence-corrected chi connectivity index (χ1v) is 8.20. The highest BCUT2D eigenvalue weighted by atomic mass is 16.6. The molecule has 24 heavy (non-hydrogen) atoms. The summed E-state index contributed by atoms with van der Waals surface area (Å²) >= 11 is 0. The second kappa shape index (κ2) is 7.99. The van der Waals surface area contributed by atoms with Crippen molar-refractivity contribution >= 4 is 12.1 Å². The maximum Gasteiger partial charge on any atom is 0.410 e. The van der Waals surface area contributed by atoms with Gasteiger partial charge in [-0.15, -0.1) is 0 Å². The summed E-state index contributed by atoms with van der Waals surface area (Å²) in [5, 5.41) is 0. The molecule has 0 spiro atoms. The van der Waals surface area contributed by atoms with Crippen molar-refractivity contribution in [3.63, 3.8) is 0 Å². The molecule has 0 bridgehead atoms. The average molecular weight is 331 g/mol. The van der Waals surface area contributed by atoms with Gasteiger partial charge < -0.3 is 14.4 Å². The second-order valence-corrected chi connectivity index (χ2v) is 6.93. The molecule has 1 unspecified atom stereocenters. The van der Waals surface area contributed by atoms with Gasteiger partial charge in [-0.05, 0) is 38.7 Å². The molecule has 1 aliphatic rings. The van der Waals surface area contributed by atoms with Crippen molar-refractivity contribution in [2.75, 3.05) is 13.1 Å². The number of benzene rings is 1. The Labute approximate surface area is 143 Å². The van der Waals surface area contributed by atoms with Gasteiger partial charge in [0.25, 0.3) is 0 Å². The topological polar surface area (TPSA) is 55.8 Å². The molecule has 1 aromatic carbocycles. The highest BCUT2D eigenvalue weighted by Gasteiger charge is 2.28. The van der Waals surface area contributed by atoms with E-state index in [2.05, 4.69) is 0 Å². The summed E-state index contributed by atoms with van der Waals surface area (Å²) in [6.07, 6.45) is 3.79. The van der Waals surface area contributed by atoms with Crippen molar-refractivity contribution in [3.05, 3.63) is 48.0 Å². The van der Waals surface area contributed by atoms with E-state index in [-0.39, 0.29) is 24.6 Å². The Kier molecular flexibility index (Phi) is 6.01. The highest BCUT2D eigenvalue weighted by molar-refractivity contribution is 5.82. The summed E-state index contributed by atoms with van der Waals surface area (Å²) in [6, 6.07) is 9.55. The van der Waals surface area contributed by atoms with Crippen LogP contribution in [0.1, 0.15) is 32.8 Å². The zero-order valence-corrected chi connectivity index (χ0v) is 14.5. The van der Waals surface area contributed by atoms with Crippen molar-refractivity contribution in [2.24, 2.45) is 5.92 Å². The molecule has 2 rings (SSSR count). The molecular formula is C19H25NO4. The Balaban J connectivity index is 1.75. The number of rotatable bonds is 4. The van der Waals surface area contributed by atoms with Gasteiger partial charge in [0.05, 0.1) is 0 Å². The third-order valence-corrected chi connectivity index (χ3v) is 3.60. The van der Waals surface area contributed by atoms with Crippen LogP contribution in [0, 0.1) is 5.92 Å². The number of nitrogens with zero attached hydrogens (tertiary/aromatic N) is 1. The Hall–Kier alpha value is -2.30. The van der Waals surface area contributed by atoms with Crippen LogP contribution in [0.15, 0.2) is 42.5 Å². The largest absolute Gasteiger partial charge is 0.458 e. The van der Waals surface area contributed by atoms with E-state index in [0.29, 0.717) is 13.1 Å². The zero-order valence-electron chi connectivity index (χ0n) is 14.5. The molecule has 1 saturated heterocycles. The predicted molar refractivity (Wildman–Crippen MR) is 91.3 cm³/mol. The van der Waals surface area contributed by atoms with Gasteiger partial charge in [-0.2, -0.15) is 0 Å². The summed E-state index contributed by atoms with van der Waals surface area (Å²) in [6.45, 7) is 7.02. The third-order valence-electron chi connectivity index (χ3n) is 3.60. The lowest BCUT2D eigenvalue weighted by Gasteiger charge is -2.24. The first kappa shape index (κ1) is 18.0. The Morgan fingerprint density at radius 2 is 1.96 bits per heavy atom. The molecule has 5 nitrogen and oxygen atoms in total. The standard InChI is InChI=1S/C19H25NO4/c1-19(2,3)24-18(22)20-12-11-15(13-20)9-10-17(21)23-14-16-7-5-4-6-8-16/h4-10,15H,11-14H2,1-3H3. The van der Waals surface area contributed by atoms with Crippen LogP contribution in [0.4, 0.5) is 4.79 Å². The molecule has 0 radical (unpaired) electrons. The van der Waals surface area contributed by atoms with Gasteiger partial charge >= 0.3 is 12.1 Å². The molecule has 130 valence electrons. The molecule has 1 heterocycles. The number of carbonyl (C=O) groups is 2. The van der Waals surface area contributed by atoms with Gasteiger partial charge in [0.15, 0.2) is 0 Å². The van der Waals surface area contributed by atoms with Crippen LogP contribution in [0.3, 0.4) is 0 Å². The number of likely N-dealkylation sites (tertiary alicyclic amines) is 1. The minimum absolute atomic E-state index is 0.154. The van der Waals surface area contributed by atoms with Gasteiger partial charge in [-0.25, -0.2) is 9.59 Å². The molecule has 1 aliphatic heterocycles. The number of carbonyl (C=O) groups excluding carboxylic acids is 2. The van der Waals surface area contributed by atoms with Gasteiger partial charge in [0.2, 0.25) is 0 Å². The van der Waals surface area contributed by atoms with E-state index in [1.54, 1.807) is 4.90 Å². The molecular weight excluding hydrogens is 306 g/mol. The quantitative estimate of drug-likeness (QED) is 0.625. The first-order valence-electron chi connectivity index (χ1n) is 8.20. The van der Waals surface area contributed by atoms with Crippen LogP contribution in [0.2, 0.25) is 0 Å². The molecule has 0 aliphatic carbocycles. The lowest BCUT2D eigenvalue weighted by molar-refractivity contribution is -0.139. The van der Waals surface area contributed by atoms with E-state index in [4.69, 9.17) is 9.47 Å². The van der Waals surface area contributed by atoms with Crippen LogP contribution >= 0.6 is 0 Å². The number of amides is 1. The number of hydrogen-bond donors (Lipinski definition) is 0. The number of esters is 1. The fourth-order valence-electron chi connectivity index (χ4n) is 2.43. The Morgan fingerprint density at radius 3 is 2.62 bits per heavy atom. The fourth-order valence-corrected chi connectivity index (χ4v) is 2.43. The van der Waals surface area contributed by atoms with Crippen molar-refractivity contribution in [1.82, 2.24) is 4.90 Å². The maximum atomic E-state index is 12.0. The molecule has 0 N–H and O–H groups in total. The van der Waals surface area contributed by atoms with E-state index in [9.17, 15) is 9.59 Å². The molecule has 1 atom stereocenters. The number of hydrogen-bond acceptors (Lipinski definition) is 4. The van der Waals surface area contributed by atoms with E-state index in [1.807, 2.05) is 57.2 Å². The second-order valence-electron chi connectivity index (χ2n) is 6.93. The summed E-state index contributed by atoms with van der Waals surface area (Å²) in [5.74, 6) is -0.212. The predicted octanol–water partition coefficient (Wildman–Crippen LogP) is 3.54. The van der Waals surface area contributed by atoms with Crippen LogP contribution in [0.25, 0.3) is 0 Å². The molecule has 1 aromatic rings. The van der Waals surface area contributed by atoms with Gasteiger partial charge in [0.1, 0.15) is 12.2 Å². The van der Waals surface area contributed by atoms with E-state index in [0.717, 1.165) is 12.0 Å². The van der Waals surface area contributed by atoms with E-state index in [1.165, 1.54) is 6.08 Å². The normalized spacial score (nSPS) is 18.0. The third kappa shape index (κ3) is 6.07. The summed E-state index contributed by atoms with van der Waals surface area (Å²) in [4.78, 5) is 25.4. The molecule has 1 fully saturated rings. The summed E-state index contributed by atoms with van der Waals surface area (Å²) in [7, 11) is 0. The highest BCUT2D eigenvalue weighted by Crippen LogP contribution is 2.20. The maximum absolute atomic E-state index is 12.0. The van der Waals surface area contributed by atoms with Crippen molar-refractivity contribution in [1.29, 1.82) is 0 Å². The van der Waals surface area contributed by atoms with E-state index >= 15 is 0 Å². The van der Waals surface area contributed by atoms with Crippen LogP contribution in [0.5, 0.6) is 0 Å². The lowest BCUT2D eigenvalue weighted by Crippen LogP contribution is -2.35. The van der Waals surface area contributed by atoms with Crippen LogP contribution in [-0.4, -0.2) is 35.7 Å². The van der Waals surface area contributed by atoms with E-state index < -0.39 is 5.60 Å². The Bertz CT molecular complexity index is 589. The number of ether oxygens (including phenoxy) is 2. The Morgan fingerprint density at radius 1 is 1.25 bits per heavy atom. The van der Waals surface area contributed by atoms with Gasteiger partial charge in [-0.1, -0.05) is 36.4 Å². The van der Waals surface area contributed by atoms with Gasteiger partial charge in [0, 0.05) is 19.2 Å². The molecule has 1 amide bonds. The summed E-state index contributed by atoms with van der Waals surface area (Å²) in [5.41, 5.74) is 0.461. The van der Waals surface area contributed by atoms with Gasteiger partial charge in [-0.3, -0.25) is 0 Å². The zero-order chi connectivity index (χ0) is 17.6. The monoisotopic (exact) mass is 331 g/mol. The molecule has 0 saturated carbocycles. The van der Waals surface area contributed by atoms with Crippen molar-refractivity contribution < 1.29 is 19.1 Å². The molecule has 5 heteroatoms. The first-order chi connectivity index (χ1) is 11.3.